The summed E-state index contributed by atoms with van der Waals surface area (Å²) in [6.07, 6.45) is 1.59. The molecular formula is C23H17N3O3. The molecule has 4 aromatic rings. The van der Waals surface area contributed by atoms with Crippen LogP contribution in [-0.4, -0.2) is 21.0 Å². The summed E-state index contributed by atoms with van der Waals surface area (Å²) in [6.45, 7) is 4.04. The number of hydrogen-bond donors (Lipinski definition) is 2. The van der Waals surface area contributed by atoms with E-state index in [4.69, 9.17) is 4.42 Å². The van der Waals surface area contributed by atoms with Crippen molar-refractivity contribution in [1.29, 1.82) is 5.26 Å². The standard InChI is InChI=1S/C23H17N3O3/c1-13-9-19-20(10-14(13)2)26-22(25-19)15(12-24)11-16-7-8-21(29-16)17-5-3-4-6-18(17)23(27)28/h3-11H,1-2H3,(H,25,26)(H,27,28). The van der Waals surface area contributed by atoms with Crippen LogP contribution >= 0.6 is 0 Å². The number of carbonyl (C=O) groups is 1. The van der Waals surface area contributed by atoms with Gasteiger partial charge in [-0.05, 0) is 55.3 Å². The molecule has 2 N–H and O–H groups in total. The lowest BCUT2D eigenvalue weighted by atomic mass is 10.1. The summed E-state index contributed by atoms with van der Waals surface area (Å²) in [4.78, 5) is 19.1. The topological polar surface area (TPSA) is 103 Å². The van der Waals surface area contributed by atoms with E-state index in [0.29, 0.717) is 28.5 Å². The Kier molecular flexibility index (Phi) is 4.49. The molecule has 0 saturated heterocycles. The van der Waals surface area contributed by atoms with Gasteiger partial charge in [0.25, 0.3) is 0 Å². The summed E-state index contributed by atoms with van der Waals surface area (Å²) in [5, 5.41) is 19.0. The summed E-state index contributed by atoms with van der Waals surface area (Å²) in [5.41, 5.74) is 4.88. The third-order valence-electron chi connectivity index (χ3n) is 4.81. The Labute approximate surface area is 166 Å². The molecule has 0 unspecified atom stereocenters. The number of aryl methyl sites for hydroxylation is 2. The maximum atomic E-state index is 11.4. The molecule has 29 heavy (non-hydrogen) atoms. The zero-order chi connectivity index (χ0) is 20.5. The lowest BCUT2D eigenvalue weighted by Gasteiger charge is -2.02. The van der Waals surface area contributed by atoms with Crippen LogP contribution in [0.2, 0.25) is 0 Å². The molecule has 6 heteroatoms. The minimum atomic E-state index is -1.03. The van der Waals surface area contributed by atoms with Gasteiger partial charge in [-0.2, -0.15) is 5.26 Å². The summed E-state index contributed by atoms with van der Waals surface area (Å²) in [5.74, 6) is 0.281. The van der Waals surface area contributed by atoms with E-state index in [0.717, 1.165) is 22.2 Å². The number of rotatable bonds is 4. The number of aromatic amines is 1. The van der Waals surface area contributed by atoms with Gasteiger partial charge in [0.2, 0.25) is 0 Å². The van der Waals surface area contributed by atoms with Crippen molar-refractivity contribution < 1.29 is 14.3 Å². The summed E-state index contributed by atoms with van der Waals surface area (Å²) < 4.78 is 5.79. The highest BCUT2D eigenvalue weighted by Gasteiger charge is 2.15. The first-order chi connectivity index (χ1) is 14.0. The van der Waals surface area contributed by atoms with Crippen LogP contribution in [0.15, 0.2) is 52.9 Å². The number of nitrogens with one attached hydrogen (secondary N) is 1. The molecule has 0 saturated carbocycles. The first-order valence-electron chi connectivity index (χ1n) is 8.98. The van der Waals surface area contributed by atoms with Crippen LogP contribution in [0, 0.1) is 25.2 Å². The van der Waals surface area contributed by atoms with Crippen molar-refractivity contribution in [3.8, 4) is 17.4 Å². The Balaban J connectivity index is 1.73. The van der Waals surface area contributed by atoms with E-state index < -0.39 is 5.97 Å². The average molecular weight is 383 g/mol. The zero-order valence-electron chi connectivity index (χ0n) is 15.9. The number of benzene rings is 2. The van der Waals surface area contributed by atoms with E-state index in [9.17, 15) is 15.2 Å². The minimum Gasteiger partial charge on any atom is -0.478 e. The van der Waals surface area contributed by atoms with Crippen molar-refractivity contribution in [2.45, 2.75) is 13.8 Å². The summed E-state index contributed by atoms with van der Waals surface area (Å²) >= 11 is 0. The summed E-state index contributed by atoms with van der Waals surface area (Å²) in [6, 6.07) is 16.1. The fourth-order valence-electron chi connectivity index (χ4n) is 3.15. The van der Waals surface area contributed by atoms with Crippen LogP contribution < -0.4 is 0 Å². The number of aromatic nitrogens is 2. The Morgan fingerprint density at radius 3 is 2.69 bits per heavy atom. The molecule has 142 valence electrons. The van der Waals surface area contributed by atoms with Crippen LogP contribution in [0.5, 0.6) is 0 Å². The number of carboxylic acids is 1. The second-order valence-corrected chi connectivity index (χ2v) is 6.76. The van der Waals surface area contributed by atoms with E-state index >= 15 is 0 Å². The Bertz CT molecular complexity index is 1280. The van der Waals surface area contributed by atoms with Gasteiger partial charge in [0.1, 0.15) is 23.4 Å². The van der Waals surface area contributed by atoms with Gasteiger partial charge in [0, 0.05) is 11.6 Å². The number of allylic oxidation sites excluding steroid dienone is 1. The van der Waals surface area contributed by atoms with Gasteiger partial charge in [0.15, 0.2) is 0 Å². The van der Waals surface area contributed by atoms with Crippen LogP contribution in [0.1, 0.15) is 33.1 Å². The second kappa shape index (κ2) is 7.13. The van der Waals surface area contributed by atoms with Gasteiger partial charge in [-0.1, -0.05) is 18.2 Å². The molecule has 0 spiro atoms. The number of carboxylic acid groups (broad SMARTS) is 1. The highest BCUT2D eigenvalue weighted by atomic mass is 16.4. The van der Waals surface area contributed by atoms with Gasteiger partial charge in [-0.3, -0.25) is 0 Å². The number of nitriles is 1. The van der Waals surface area contributed by atoms with E-state index in [1.54, 1.807) is 36.4 Å². The van der Waals surface area contributed by atoms with Crippen molar-refractivity contribution in [3.63, 3.8) is 0 Å². The van der Waals surface area contributed by atoms with E-state index in [2.05, 4.69) is 16.0 Å². The van der Waals surface area contributed by atoms with Crippen molar-refractivity contribution in [2.75, 3.05) is 0 Å². The number of H-pyrrole nitrogens is 1. The molecule has 0 amide bonds. The Hall–Kier alpha value is -4.11. The number of fused-ring (bicyclic) bond motifs is 1. The number of furan rings is 1. The van der Waals surface area contributed by atoms with Crippen LogP contribution in [0.4, 0.5) is 0 Å². The highest BCUT2D eigenvalue weighted by molar-refractivity contribution is 5.95. The van der Waals surface area contributed by atoms with Gasteiger partial charge >= 0.3 is 5.97 Å². The first kappa shape index (κ1) is 18.3. The van der Waals surface area contributed by atoms with Crippen LogP contribution in [0.3, 0.4) is 0 Å². The lowest BCUT2D eigenvalue weighted by Crippen LogP contribution is -1.98. The minimum absolute atomic E-state index is 0.154. The molecule has 2 aromatic heterocycles. The zero-order valence-corrected chi connectivity index (χ0v) is 15.9. The lowest BCUT2D eigenvalue weighted by molar-refractivity contribution is 0.0697. The van der Waals surface area contributed by atoms with Gasteiger partial charge < -0.3 is 14.5 Å². The fraction of sp³-hybridized carbons (Fsp3) is 0.0870. The number of imidazole rings is 1. The Morgan fingerprint density at radius 2 is 1.93 bits per heavy atom. The van der Waals surface area contributed by atoms with Crippen LogP contribution in [0.25, 0.3) is 34.0 Å². The molecule has 0 atom stereocenters. The monoisotopic (exact) mass is 383 g/mol. The molecule has 0 radical (unpaired) electrons. The van der Waals surface area contributed by atoms with Gasteiger partial charge in [-0.15, -0.1) is 0 Å². The fourth-order valence-corrected chi connectivity index (χ4v) is 3.15. The molecule has 0 fully saturated rings. The molecule has 0 bridgehead atoms. The third kappa shape index (κ3) is 3.42. The predicted octanol–water partition coefficient (Wildman–Crippen LogP) is 5.20. The van der Waals surface area contributed by atoms with Gasteiger partial charge in [0.05, 0.1) is 22.2 Å². The third-order valence-corrected chi connectivity index (χ3v) is 4.81. The van der Waals surface area contributed by atoms with E-state index in [-0.39, 0.29) is 5.56 Å². The second-order valence-electron chi connectivity index (χ2n) is 6.76. The Morgan fingerprint density at radius 1 is 1.17 bits per heavy atom. The summed E-state index contributed by atoms with van der Waals surface area (Å²) in [7, 11) is 0. The van der Waals surface area contributed by atoms with E-state index in [1.807, 2.05) is 26.0 Å². The average Bonchev–Trinajstić information content (AvgIpc) is 3.33. The highest BCUT2D eigenvalue weighted by Crippen LogP contribution is 2.28. The number of nitrogens with zero attached hydrogens (tertiary/aromatic N) is 2. The largest absolute Gasteiger partial charge is 0.478 e. The predicted molar refractivity (Wildman–Crippen MR) is 110 cm³/mol. The van der Waals surface area contributed by atoms with Crippen molar-refractivity contribution >= 4 is 28.7 Å². The maximum Gasteiger partial charge on any atom is 0.336 e. The van der Waals surface area contributed by atoms with E-state index in [1.165, 1.54) is 6.07 Å². The molecule has 4 rings (SSSR count). The number of aromatic carboxylic acids is 1. The normalized spacial score (nSPS) is 11.6. The maximum absolute atomic E-state index is 11.4. The molecule has 2 aromatic carbocycles. The molecule has 6 nitrogen and oxygen atoms in total. The molecule has 0 aliphatic carbocycles. The molecular weight excluding hydrogens is 366 g/mol. The van der Waals surface area contributed by atoms with Gasteiger partial charge in [-0.25, -0.2) is 9.78 Å². The quantitative estimate of drug-likeness (QED) is 0.471. The molecule has 0 aliphatic heterocycles. The first-order valence-corrected chi connectivity index (χ1v) is 8.98. The van der Waals surface area contributed by atoms with Crippen molar-refractivity contribution in [2.24, 2.45) is 0 Å². The SMILES string of the molecule is Cc1cc2nc(C(C#N)=Cc3ccc(-c4ccccc4C(=O)O)o3)[nH]c2cc1C. The molecule has 2 heterocycles. The smallest absolute Gasteiger partial charge is 0.336 e. The van der Waals surface area contributed by atoms with Crippen LogP contribution in [-0.2, 0) is 0 Å². The van der Waals surface area contributed by atoms with Crippen molar-refractivity contribution in [1.82, 2.24) is 9.97 Å². The molecule has 0 aliphatic rings. The van der Waals surface area contributed by atoms with Crippen molar-refractivity contribution in [3.05, 3.63) is 76.8 Å². The number of hydrogen-bond acceptors (Lipinski definition) is 4.